The van der Waals surface area contributed by atoms with Gasteiger partial charge in [-0.05, 0) is 36.8 Å². The Morgan fingerprint density at radius 3 is 2.81 bits per heavy atom. The lowest BCUT2D eigenvalue weighted by Gasteiger charge is -2.10. The van der Waals surface area contributed by atoms with Crippen molar-refractivity contribution in [3.63, 3.8) is 0 Å². The Morgan fingerprint density at radius 2 is 2.00 bits per heavy atom. The smallest absolute Gasteiger partial charge is 0.255 e. The first-order chi connectivity index (χ1) is 10.1. The summed E-state index contributed by atoms with van der Waals surface area (Å²) in [5, 5.41) is 4.18. The first-order valence-corrected chi connectivity index (χ1v) is 6.55. The SMILES string of the molecule is Cc1ccccc1C(=O)Nc1cc(F)cc2cnccc12. The van der Waals surface area contributed by atoms with Crippen LogP contribution in [0.3, 0.4) is 0 Å². The molecule has 0 saturated heterocycles. The molecule has 1 amide bonds. The van der Waals surface area contributed by atoms with E-state index in [9.17, 15) is 9.18 Å². The largest absolute Gasteiger partial charge is 0.321 e. The summed E-state index contributed by atoms with van der Waals surface area (Å²) in [6.07, 6.45) is 3.19. The molecular weight excluding hydrogens is 267 g/mol. The number of halogens is 1. The lowest BCUT2D eigenvalue weighted by Crippen LogP contribution is -2.13. The first-order valence-electron chi connectivity index (χ1n) is 6.55. The molecule has 1 N–H and O–H groups in total. The van der Waals surface area contributed by atoms with E-state index in [1.165, 1.54) is 12.1 Å². The number of hydrogen-bond donors (Lipinski definition) is 1. The summed E-state index contributed by atoms with van der Waals surface area (Å²) in [6, 6.07) is 11.7. The second kappa shape index (κ2) is 5.32. The van der Waals surface area contributed by atoms with E-state index in [2.05, 4.69) is 10.3 Å². The summed E-state index contributed by atoms with van der Waals surface area (Å²) in [5.74, 6) is -0.660. The Morgan fingerprint density at radius 1 is 1.19 bits per heavy atom. The molecule has 0 fully saturated rings. The molecule has 0 bridgehead atoms. The van der Waals surface area contributed by atoms with E-state index in [1.807, 2.05) is 19.1 Å². The standard InChI is InChI=1S/C17H13FN2O/c1-11-4-2-3-5-14(11)17(21)20-16-9-13(18)8-12-10-19-7-6-15(12)16/h2-10H,1H3,(H,20,21). The van der Waals surface area contributed by atoms with E-state index in [0.29, 0.717) is 16.6 Å². The number of aryl methyl sites for hydroxylation is 1. The van der Waals surface area contributed by atoms with Crippen molar-refractivity contribution >= 4 is 22.4 Å². The fourth-order valence-corrected chi connectivity index (χ4v) is 2.29. The predicted octanol–water partition coefficient (Wildman–Crippen LogP) is 3.93. The van der Waals surface area contributed by atoms with Gasteiger partial charge in [0.25, 0.3) is 5.91 Å². The van der Waals surface area contributed by atoms with Gasteiger partial charge in [0.1, 0.15) is 5.82 Å². The molecule has 0 saturated carbocycles. The highest BCUT2D eigenvalue weighted by atomic mass is 19.1. The molecule has 3 nitrogen and oxygen atoms in total. The number of fused-ring (bicyclic) bond motifs is 1. The molecule has 3 rings (SSSR count). The van der Waals surface area contributed by atoms with Crippen molar-refractivity contribution in [2.24, 2.45) is 0 Å². The van der Waals surface area contributed by atoms with Crippen LogP contribution >= 0.6 is 0 Å². The number of benzene rings is 2. The lowest BCUT2D eigenvalue weighted by atomic mass is 10.1. The number of rotatable bonds is 2. The Bertz CT molecular complexity index is 830. The molecule has 0 aliphatic carbocycles. The summed E-state index contributed by atoms with van der Waals surface area (Å²) < 4.78 is 13.7. The molecule has 1 aromatic heterocycles. The van der Waals surface area contributed by atoms with E-state index in [0.717, 1.165) is 10.9 Å². The molecule has 1 heterocycles. The van der Waals surface area contributed by atoms with Crippen LogP contribution in [0.4, 0.5) is 10.1 Å². The summed E-state index contributed by atoms with van der Waals surface area (Å²) in [5.41, 5.74) is 1.89. The summed E-state index contributed by atoms with van der Waals surface area (Å²) in [4.78, 5) is 16.3. The third kappa shape index (κ3) is 2.60. The van der Waals surface area contributed by atoms with Crippen LogP contribution in [-0.4, -0.2) is 10.9 Å². The minimum absolute atomic E-state index is 0.253. The fraction of sp³-hybridized carbons (Fsp3) is 0.0588. The number of hydrogen-bond acceptors (Lipinski definition) is 2. The third-order valence-electron chi connectivity index (χ3n) is 3.36. The fourth-order valence-electron chi connectivity index (χ4n) is 2.29. The van der Waals surface area contributed by atoms with Crippen molar-refractivity contribution in [2.45, 2.75) is 6.92 Å². The van der Waals surface area contributed by atoms with Gasteiger partial charge in [-0.25, -0.2) is 4.39 Å². The summed E-state index contributed by atoms with van der Waals surface area (Å²) in [7, 11) is 0. The van der Waals surface area contributed by atoms with Crippen LogP contribution in [0.2, 0.25) is 0 Å². The van der Waals surface area contributed by atoms with E-state index < -0.39 is 5.82 Å². The molecule has 4 heteroatoms. The van der Waals surface area contributed by atoms with Crippen LogP contribution < -0.4 is 5.32 Å². The van der Waals surface area contributed by atoms with E-state index in [1.54, 1.807) is 30.6 Å². The third-order valence-corrected chi connectivity index (χ3v) is 3.36. The van der Waals surface area contributed by atoms with Crippen molar-refractivity contribution in [1.29, 1.82) is 0 Å². The Balaban J connectivity index is 2.02. The molecule has 0 atom stereocenters. The quantitative estimate of drug-likeness (QED) is 0.772. The van der Waals surface area contributed by atoms with Crippen LogP contribution in [0.5, 0.6) is 0 Å². The maximum Gasteiger partial charge on any atom is 0.255 e. The second-order valence-corrected chi connectivity index (χ2v) is 4.82. The van der Waals surface area contributed by atoms with Gasteiger partial charge in [-0.15, -0.1) is 0 Å². The topological polar surface area (TPSA) is 42.0 Å². The number of aromatic nitrogens is 1. The van der Waals surface area contributed by atoms with Crippen molar-refractivity contribution in [3.05, 3.63) is 71.8 Å². The van der Waals surface area contributed by atoms with Crippen LogP contribution in [0.1, 0.15) is 15.9 Å². The van der Waals surface area contributed by atoms with Gasteiger partial charge in [-0.2, -0.15) is 0 Å². The van der Waals surface area contributed by atoms with Gasteiger partial charge in [0.15, 0.2) is 0 Å². The second-order valence-electron chi connectivity index (χ2n) is 4.82. The normalized spacial score (nSPS) is 10.6. The van der Waals surface area contributed by atoms with Gasteiger partial charge in [0, 0.05) is 28.7 Å². The number of anilines is 1. The molecule has 0 spiro atoms. The minimum Gasteiger partial charge on any atom is -0.321 e. The van der Waals surface area contributed by atoms with Gasteiger partial charge in [-0.3, -0.25) is 9.78 Å². The van der Waals surface area contributed by atoms with Gasteiger partial charge in [0.05, 0.1) is 5.69 Å². The van der Waals surface area contributed by atoms with E-state index >= 15 is 0 Å². The molecule has 3 aromatic rings. The lowest BCUT2D eigenvalue weighted by molar-refractivity contribution is 0.102. The van der Waals surface area contributed by atoms with E-state index in [-0.39, 0.29) is 5.91 Å². The highest BCUT2D eigenvalue weighted by Gasteiger charge is 2.11. The monoisotopic (exact) mass is 280 g/mol. The zero-order chi connectivity index (χ0) is 14.8. The van der Waals surface area contributed by atoms with Crippen molar-refractivity contribution < 1.29 is 9.18 Å². The number of carbonyl (C=O) groups is 1. The van der Waals surface area contributed by atoms with Crippen molar-refractivity contribution in [2.75, 3.05) is 5.32 Å². The minimum atomic E-state index is -0.407. The first kappa shape index (κ1) is 13.2. The molecule has 21 heavy (non-hydrogen) atoms. The number of amides is 1. The highest BCUT2D eigenvalue weighted by Crippen LogP contribution is 2.25. The molecule has 104 valence electrons. The van der Waals surface area contributed by atoms with Crippen LogP contribution in [0.15, 0.2) is 54.9 Å². The van der Waals surface area contributed by atoms with Crippen molar-refractivity contribution in [3.8, 4) is 0 Å². The molecule has 0 aliphatic rings. The van der Waals surface area contributed by atoms with Gasteiger partial charge >= 0.3 is 0 Å². The maximum atomic E-state index is 13.7. The number of pyridine rings is 1. The average molecular weight is 280 g/mol. The van der Waals surface area contributed by atoms with Gasteiger partial charge in [-0.1, -0.05) is 18.2 Å². The summed E-state index contributed by atoms with van der Waals surface area (Å²) >= 11 is 0. The number of nitrogens with zero attached hydrogens (tertiary/aromatic N) is 1. The number of carbonyl (C=O) groups excluding carboxylic acids is 1. The Hall–Kier alpha value is -2.75. The van der Waals surface area contributed by atoms with Crippen molar-refractivity contribution in [1.82, 2.24) is 4.98 Å². The Labute approximate surface area is 121 Å². The average Bonchev–Trinajstić information content (AvgIpc) is 2.47. The molecule has 0 unspecified atom stereocenters. The molecular formula is C17H13FN2O. The zero-order valence-electron chi connectivity index (χ0n) is 11.4. The van der Waals surface area contributed by atoms with Crippen LogP contribution in [0.25, 0.3) is 10.8 Å². The maximum absolute atomic E-state index is 13.7. The highest BCUT2D eigenvalue weighted by molar-refractivity contribution is 6.09. The van der Waals surface area contributed by atoms with Crippen LogP contribution in [-0.2, 0) is 0 Å². The molecule has 0 aliphatic heterocycles. The zero-order valence-corrected chi connectivity index (χ0v) is 11.4. The summed E-state index contributed by atoms with van der Waals surface area (Å²) in [6.45, 7) is 1.86. The predicted molar refractivity (Wildman–Crippen MR) is 80.8 cm³/mol. The molecule has 0 radical (unpaired) electrons. The molecule has 2 aromatic carbocycles. The van der Waals surface area contributed by atoms with Crippen LogP contribution in [0, 0.1) is 12.7 Å². The van der Waals surface area contributed by atoms with E-state index in [4.69, 9.17) is 0 Å². The van der Waals surface area contributed by atoms with Gasteiger partial charge in [0.2, 0.25) is 0 Å². The Kier molecular flexibility index (Phi) is 3.36. The van der Waals surface area contributed by atoms with Gasteiger partial charge < -0.3 is 5.32 Å². The number of nitrogens with one attached hydrogen (secondary N) is 1.